The molecule has 0 saturated heterocycles. The van der Waals surface area contributed by atoms with Crippen LogP contribution in [-0.4, -0.2) is 34.3 Å². The molecule has 0 radical (unpaired) electrons. The van der Waals surface area contributed by atoms with Crippen LogP contribution < -0.4 is 24.7 Å². The number of carbonyl (C=O) groups is 1. The molecule has 0 bridgehead atoms. The molecule has 0 aliphatic carbocycles. The Balaban J connectivity index is 1.56. The van der Waals surface area contributed by atoms with Gasteiger partial charge in [-0.3, -0.25) is 4.79 Å². The highest BCUT2D eigenvalue weighted by atomic mass is 32.2. The highest BCUT2D eigenvalue weighted by Crippen LogP contribution is 2.32. The highest BCUT2D eigenvalue weighted by molar-refractivity contribution is 7.89. The van der Waals surface area contributed by atoms with Crippen molar-refractivity contribution in [2.45, 2.75) is 18.7 Å². The van der Waals surface area contributed by atoms with Crippen LogP contribution in [-0.2, 0) is 10.0 Å². The smallest absolute Gasteiger partial charge is 0.251 e. The SMILES string of the molecule is Cc1cc(S(N)(=O)=O)c(C)cc1OCCNC(=O)c1ccc2c(c1)OCO2. The predicted octanol–water partition coefficient (Wildman–Crippen LogP) is 1.49. The molecule has 27 heavy (non-hydrogen) atoms. The van der Waals surface area contributed by atoms with Crippen LogP contribution in [0.25, 0.3) is 0 Å². The second kappa shape index (κ2) is 7.45. The van der Waals surface area contributed by atoms with Gasteiger partial charge in [0, 0.05) is 5.56 Å². The third kappa shape index (κ3) is 4.32. The number of hydrogen-bond donors (Lipinski definition) is 2. The van der Waals surface area contributed by atoms with Gasteiger partial charge in [-0.05, 0) is 55.3 Å². The number of primary sulfonamides is 1. The number of carbonyl (C=O) groups excluding carboxylic acids is 1. The van der Waals surface area contributed by atoms with Crippen molar-refractivity contribution in [2.24, 2.45) is 5.14 Å². The summed E-state index contributed by atoms with van der Waals surface area (Å²) < 4.78 is 39.2. The van der Waals surface area contributed by atoms with Crippen molar-refractivity contribution in [3.8, 4) is 17.2 Å². The van der Waals surface area contributed by atoms with E-state index in [0.29, 0.717) is 33.9 Å². The summed E-state index contributed by atoms with van der Waals surface area (Å²) in [6, 6.07) is 8.06. The van der Waals surface area contributed by atoms with Crippen LogP contribution in [0.1, 0.15) is 21.5 Å². The Morgan fingerprint density at radius 1 is 1.15 bits per heavy atom. The monoisotopic (exact) mass is 392 g/mol. The first-order valence-corrected chi connectivity index (χ1v) is 9.75. The molecule has 144 valence electrons. The molecule has 1 amide bonds. The van der Waals surface area contributed by atoms with Crippen LogP contribution in [0.15, 0.2) is 35.2 Å². The molecule has 0 atom stereocenters. The van der Waals surface area contributed by atoms with Gasteiger partial charge in [0.15, 0.2) is 11.5 Å². The molecule has 0 aromatic heterocycles. The van der Waals surface area contributed by atoms with Crippen LogP contribution in [0.2, 0.25) is 0 Å². The predicted molar refractivity (Wildman–Crippen MR) is 97.7 cm³/mol. The van der Waals surface area contributed by atoms with E-state index >= 15 is 0 Å². The molecule has 0 spiro atoms. The number of nitrogens with two attached hydrogens (primary N) is 1. The minimum Gasteiger partial charge on any atom is -0.491 e. The molecule has 1 aliphatic heterocycles. The number of benzene rings is 2. The van der Waals surface area contributed by atoms with E-state index in [4.69, 9.17) is 19.3 Å². The lowest BCUT2D eigenvalue weighted by atomic mass is 10.1. The summed E-state index contributed by atoms with van der Waals surface area (Å²) in [6.07, 6.45) is 0. The average Bonchev–Trinajstić information content (AvgIpc) is 3.07. The highest BCUT2D eigenvalue weighted by Gasteiger charge is 2.17. The maximum Gasteiger partial charge on any atom is 0.251 e. The summed E-state index contributed by atoms with van der Waals surface area (Å²) in [6.45, 7) is 4.04. The molecule has 2 aromatic carbocycles. The van der Waals surface area contributed by atoms with Gasteiger partial charge in [-0.15, -0.1) is 0 Å². The third-order valence-electron chi connectivity index (χ3n) is 4.06. The average molecular weight is 392 g/mol. The van der Waals surface area contributed by atoms with Crippen LogP contribution in [0.5, 0.6) is 17.2 Å². The van der Waals surface area contributed by atoms with E-state index in [9.17, 15) is 13.2 Å². The largest absolute Gasteiger partial charge is 0.491 e. The molecule has 3 rings (SSSR count). The number of aryl methyl sites for hydroxylation is 2. The van der Waals surface area contributed by atoms with Crippen molar-refractivity contribution in [3.05, 3.63) is 47.0 Å². The van der Waals surface area contributed by atoms with Gasteiger partial charge in [0.25, 0.3) is 5.91 Å². The van der Waals surface area contributed by atoms with E-state index in [-0.39, 0.29) is 30.7 Å². The molecule has 9 heteroatoms. The maximum absolute atomic E-state index is 12.2. The van der Waals surface area contributed by atoms with E-state index in [1.807, 2.05) is 0 Å². The van der Waals surface area contributed by atoms with Crippen molar-refractivity contribution < 1.29 is 27.4 Å². The number of nitrogens with one attached hydrogen (secondary N) is 1. The van der Waals surface area contributed by atoms with Gasteiger partial charge >= 0.3 is 0 Å². The van der Waals surface area contributed by atoms with E-state index < -0.39 is 10.0 Å². The maximum atomic E-state index is 12.2. The van der Waals surface area contributed by atoms with Crippen LogP contribution in [0, 0.1) is 13.8 Å². The molecule has 1 aliphatic rings. The van der Waals surface area contributed by atoms with E-state index in [1.54, 1.807) is 38.1 Å². The molecule has 0 unspecified atom stereocenters. The summed E-state index contributed by atoms with van der Waals surface area (Å²) in [5, 5.41) is 7.94. The summed E-state index contributed by atoms with van der Waals surface area (Å²) in [4.78, 5) is 12.3. The summed E-state index contributed by atoms with van der Waals surface area (Å²) >= 11 is 0. The Hall–Kier alpha value is -2.78. The first-order chi connectivity index (χ1) is 12.8. The van der Waals surface area contributed by atoms with Crippen molar-refractivity contribution in [1.29, 1.82) is 0 Å². The molecule has 8 nitrogen and oxygen atoms in total. The fraction of sp³-hybridized carbons (Fsp3) is 0.278. The Kier molecular flexibility index (Phi) is 5.24. The lowest BCUT2D eigenvalue weighted by molar-refractivity contribution is 0.0946. The molecule has 0 saturated carbocycles. The van der Waals surface area contributed by atoms with Gasteiger partial charge in [-0.2, -0.15) is 0 Å². The first kappa shape index (κ1) is 19.0. The van der Waals surface area contributed by atoms with Gasteiger partial charge < -0.3 is 19.5 Å². The van der Waals surface area contributed by atoms with Crippen molar-refractivity contribution in [1.82, 2.24) is 5.32 Å². The van der Waals surface area contributed by atoms with Crippen LogP contribution in [0.3, 0.4) is 0 Å². The number of hydrogen-bond acceptors (Lipinski definition) is 6. The van der Waals surface area contributed by atoms with Gasteiger partial charge in [0.1, 0.15) is 12.4 Å². The quantitative estimate of drug-likeness (QED) is 0.720. The minimum absolute atomic E-state index is 0.0726. The van der Waals surface area contributed by atoms with Gasteiger partial charge in [0.2, 0.25) is 16.8 Å². The number of sulfonamides is 1. The lowest BCUT2D eigenvalue weighted by Crippen LogP contribution is -2.28. The zero-order valence-electron chi connectivity index (χ0n) is 14.9. The Morgan fingerprint density at radius 2 is 1.89 bits per heavy atom. The lowest BCUT2D eigenvalue weighted by Gasteiger charge is -2.13. The fourth-order valence-corrected chi connectivity index (χ4v) is 3.54. The number of amides is 1. The molecule has 2 aromatic rings. The van der Waals surface area contributed by atoms with E-state index in [2.05, 4.69) is 5.32 Å². The van der Waals surface area contributed by atoms with E-state index in [0.717, 1.165) is 0 Å². The third-order valence-corrected chi connectivity index (χ3v) is 5.11. The molecular formula is C18H20N2O6S. The van der Waals surface area contributed by atoms with Crippen LogP contribution >= 0.6 is 0 Å². The topological polar surface area (TPSA) is 117 Å². The molecular weight excluding hydrogens is 372 g/mol. The van der Waals surface area contributed by atoms with Crippen molar-refractivity contribution in [2.75, 3.05) is 19.9 Å². The zero-order chi connectivity index (χ0) is 19.6. The first-order valence-electron chi connectivity index (χ1n) is 8.20. The van der Waals surface area contributed by atoms with Gasteiger partial charge in [-0.25, -0.2) is 13.6 Å². The number of ether oxygens (including phenoxy) is 3. The van der Waals surface area contributed by atoms with Gasteiger partial charge in [-0.1, -0.05) is 0 Å². The number of fused-ring (bicyclic) bond motifs is 1. The standard InChI is InChI=1S/C18H20N2O6S/c1-11-8-17(27(19,22)23)12(2)7-15(11)24-6-5-20-18(21)13-3-4-14-16(9-13)26-10-25-14/h3-4,7-9H,5-6,10H2,1-2H3,(H,20,21)(H2,19,22,23). The Bertz CT molecular complexity index is 988. The zero-order valence-corrected chi connectivity index (χ0v) is 15.8. The van der Waals surface area contributed by atoms with Crippen LogP contribution in [0.4, 0.5) is 0 Å². The second-order valence-electron chi connectivity index (χ2n) is 6.10. The Labute approximate surface area is 157 Å². The molecule has 1 heterocycles. The Morgan fingerprint density at radius 3 is 2.63 bits per heavy atom. The van der Waals surface area contributed by atoms with Gasteiger partial charge in [0.05, 0.1) is 11.4 Å². The summed E-state index contributed by atoms with van der Waals surface area (Å²) in [5.74, 6) is 1.44. The van der Waals surface area contributed by atoms with Crippen molar-refractivity contribution >= 4 is 15.9 Å². The summed E-state index contributed by atoms with van der Waals surface area (Å²) in [7, 11) is -3.78. The van der Waals surface area contributed by atoms with Crippen molar-refractivity contribution in [3.63, 3.8) is 0 Å². The van der Waals surface area contributed by atoms with E-state index in [1.165, 1.54) is 6.07 Å². The second-order valence-corrected chi connectivity index (χ2v) is 7.63. The number of rotatable bonds is 6. The minimum atomic E-state index is -3.78. The molecule has 0 fully saturated rings. The fourth-order valence-electron chi connectivity index (χ4n) is 2.69. The summed E-state index contributed by atoms with van der Waals surface area (Å²) in [5.41, 5.74) is 1.61. The normalized spacial score (nSPS) is 12.7. The molecule has 3 N–H and O–H groups in total.